The van der Waals surface area contributed by atoms with Crippen LogP contribution in [0.25, 0.3) is 5.70 Å². The standard InChI is InChI=1S/C26H34FN3O3S/c1-7-23(28)26(4,5)34(31,32)15-17(3)21-13-19(10-11-22(21)27)30-25(18-8-9-18)24-16(2)12-20(33-6)14-29-24/h10-14,17,28,30H,7-9,15H2,1-6H3. The van der Waals surface area contributed by atoms with Crippen molar-refractivity contribution in [3.8, 4) is 5.75 Å². The van der Waals surface area contributed by atoms with Crippen LogP contribution in [-0.4, -0.2) is 36.7 Å². The summed E-state index contributed by atoms with van der Waals surface area (Å²) in [7, 11) is -2.07. The van der Waals surface area contributed by atoms with Gasteiger partial charge >= 0.3 is 0 Å². The molecule has 6 nitrogen and oxygen atoms in total. The van der Waals surface area contributed by atoms with Gasteiger partial charge in [-0.15, -0.1) is 0 Å². The lowest BCUT2D eigenvalue weighted by Gasteiger charge is -2.27. The van der Waals surface area contributed by atoms with Gasteiger partial charge in [0.05, 0.1) is 30.5 Å². The van der Waals surface area contributed by atoms with Crippen LogP contribution in [0.2, 0.25) is 0 Å². The van der Waals surface area contributed by atoms with Crippen molar-refractivity contribution in [2.75, 3.05) is 18.2 Å². The molecule has 1 aliphatic rings. The molecule has 1 aliphatic carbocycles. The second-order valence-corrected chi connectivity index (χ2v) is 12.0. The first-order valence-corrected chi connectivity index (χ1v) is 13.2. The molecule has 1 unspecified atom stereocenters. The van der Waals surface area contributed by atoms with Gasteiger partial charge in [0.25, 0.3) is 0 Å². The van der Waals surface area contributed by atoms with Crippen molar-refractivity contribution in [3.05, 3.63) is 58.7 Å². The average molecular weight is 488 g/mol. The topological polar surface area (TPSA) is 92.1 Å². The number of halogens is 1. The summed E-state index contributed by atoms with van der Waals surface area (Å²) in [4.78, 5) is 4.56. The maximum atomic E-state index is 14.8. The van der Waals surface area contributed by atoms with E-state index in [1.807, 2.05) is 13.0 Å². The molecule has 8 heteroatoms. The summed E-state index contributed by atoms with van der Waals surface area (Å²) in [6.07, 6.45) is 3.96. The Hall–Kier alpha value is -2.74. The Kier molecular flexibility index (Phi) is 7.50. The molecule has 0 saturated heterocycles. The Morgan fingerprint density at radius 3 is 2.53 bits per heavy atom. The van der Waals surface area contributed by atoms with E-state index < -0.39 is 26.3 Å². The zero-order valence-electron chi connectivity index (χ0n) is 20.8. The van der Waals surface area contributed by atoms with Crippen LogP contribution in [0, 0.1) is 18.2 Å². The zero-order valence-corrected chi connectivity index (χ0v) is 21.6. The number of sulfone groups is 1. The fourth-order valence-corrected chi connectivity index (χ4v) is 5.71. The van der Waals surface area contributed by atoms with E-state index in [2.05, 4.69) is 10.3 Å². The van der Waals surface area contributed by atoms with E-state index in [-0.39, 0.29) is 11.5 Å². The predicted octanol–water partition coefficient (Wildman–Crippen LogP) is 5.88. The molecule has 0 radical (unpaired) electrons. The Labute approximate surface area is 202 Å². The van der Waals surface area contributed by atoms with E-state index >= 15 is 0 Å². The predicted molar refractivity (Wildman–Crippen MR) is 136 cm³/mol. The molecule has 34 heavy (non-hydrogen) atoms. The van der Waals surface area contributed by atoms with Crippen molar-refractivity contribution in [2.24, 2.45) is 0 Å². The highest BCUT2D eigenvalue weighted by molar-refractivity contribution is 7.93. The number of benzene rings is 1. The highest BCUT2D eigenvalue weighted by Gasteiger charge is 2.39. The largest absolute Gasteiger partial charge is 0.495 e. The monoisotopic (exact) mass is 487 g/mol. The first-order valence-electron chi connectivity index (χ1n) is 11.5. The minimum Gasteiger partial charge on any atom is -0.495 e. The molecule has 0 spiro atoms. The fraction of sp³-hybridized carbons (Fsp3) is 0.462. The van der Waals surface area contributed by atoms with E-state index in [0.717, 1.165) is 29.8 Å². The molecule has 2 aromatic rings. The number of nitrogens with zero attached hydrogens (tertiary/aromatic N) is 1. The number of aryl methyl sites for hydroxylation is 1. The van der Waals surface area contributed by atoms with Crippen LogP contribution in [0.4, 0.5) is 10.1 Å². The van der Waals surface area contributed by atoms with Gasteiger partial charge in [-0.3, -0.25) is 4.98 Å². The van der Waals surface area contributed by atoms with Gasteiger partial charge in [0.15, 0.2) is 9.84 Å². The average Bonchev–Trinajstić information content (AvgIpc) is 3.62. The molecule has 1 saturated carbocycles. The lowest BCUT2D eigenvalue weighted by atomic mass is 10.0. The van der Waals surface area contributed by atoms with Crippen LogP contribution in [-0.2, 0) is 9.84 Å². The number of pyridine rings is 1. The molecular weight excluding hydrogens is 453 g/mol. The molecule has 2 N–H and O–H groups in total. The van der Waals surface area contributed by atoms with Gasteiger partial charge in [0.1, 0.15) is 16.3 Å². The second kappa shape index (κ2) is 9.86. The highest BCUT2D eigenvalue weighted by atomic mass is 32.2. The summed E-state index contributed by atoms with van der Waals surface area (Å²) in [5, 5.41) is 11.5. The summed E-state index contributed by atoms with van der Waals surface area (Å²) in [6, 6.07) is 6.61. The molecular formula is C26H34FN3O3S. The van der Waals surface area contributed by atoms with Crippen LogP contribution in [0.3, 0.4) is 0 Å². The maximum Gasteiger partial charge on any atom is 0.161 e. The molecule has 3 rings (SSSR count). The van der Waals surface area contributed by atoms with Crippen LogP contribution in [0.5, 0.6) is 5.75 Å². The normalized spacial score (nSPS) is 14.5. The van der Waals surface area contributed by atoms with Crippen molar-refractivity contribution >= 4 is 26.9 Å². The lowest BCUT2D eigenvalue weighted by molar-refractivity contribution is 0.412. The number of ether oxygens (including phenoxy) is 1. The SMILES string of the molecule is CCC(=N)C(C)(C)S(=O)(=O)CC(C)c1cc(NC(=C2CC2)c2ncc(OC)cc2C)ccc1F. The fourth-order valence-electron chi connectivity index (χ4n) is 3.93. The smallest absolute Gasteiger partial charge is 0.161 e. The van der Waals surface area contributed by atoms with E-state index in [4.69, 9.17) is 10.1 Å². The number of allylic oxidation sites excluding steroid dienone is 1. The Morgan fingerprint density at radius 2 is 1.97 bits per heavy atom. The Morgan fingerprint density at radius 1 is 1.29 bits per heavy atom. The summed E-state index contributed by atoms with van der Waals surface area (Å²) in [5.41, 5.74) is 5.06. The van der Waals surface area contributed by atoms with Crippen LogP contribution in [0.15, 0.2) is 36.0 Å². The third-order valence-corrected chi connectivity index (χ3v) is 9.24. The van der Waals surface area contributed by atoms with Gasteiger partial charge < -0.3 is 15.5 Å². The number of methoxy groups -OCH3 is 1. The Balaban J connectivity index is 1.89. The molecule has 1 fully saturated rings. The van der Waals surface area contributed by atoms with Gasteiger partial charge in [-0.1, -0.05) is 13.8 Å². The number of hydrogen-bond acceptors (Lipinski definition) is 6. The molecule has 1 aromatic heterocycles. The van der Waals surface area contributed by atoms with Crippen molar-refractivity contribution in [1.29, 1.82) is 5.41 Å². The molecule has 1 aromatic carbocycles. The molecule has 184 valence electrons. The zero-order chi connectivity index (χ0) is 25.3. The summed E-state index contributed by atoms with van der Waals surface area (Å²) >= 11 is 0. The van der Waals surface area contributed by atoms with Crippen LogP contribution < -0.4 is 10.1 Å². The summed E-state index contributed by atoms with van der Waals surface area (Å²) in [5.74, 6) is -0.584. The van der Waals surface area contributed by atoms with Crippen molar-refractivity contribution < 1.29 is 17.5 Å². The molecule has 1 heterocycles. The highest BCUT2D eigenvalue weighted by Crippen LogP contribution is 2.38. The number of rotatable bonds is 10. The second-order valence-electron chi connectivity index (χ2n) is 9.41. The van der Waals surface area contributed by atoms with E-state index in [1.165, 1.54) is 11.6 Å². The number of nitrogens with one attached hydrogen (secondary N) is 2. The lowest BCUT2D eigenvalue weighted by Crippen LogP contribution is -2.42. The van der Waals surface area contributed by atoms with Crippen LogP contribution in [0.1, 0.15) is 69.7 Å². The van der Waals surface area contributed by atoms with Gasteiger partial charge in [-0.25, -0.2) is 12.8 Å². The first kappa shape index (κ1) is 25.9. The van der Waals surface area contributed by atoms with Gasteiger partial charge in [0.2, 0.25) is 0 Å². The molecule has 0 amide bonds. The van der Waals surface area contributed by atoms with Crippen LogP contribution >= 0.6 is 0 Å². The number of hydrogen-bond donors (Lipinski definition) is 2. The summed E-state index contributed by atoms with van der Waals surface area (Å²) in [6.45, 7) is 8.54. The molecule has 0 aliphatic heterocycles. The molecule has 1 atom stereocenters. The van der Waals surface area contributed by atoms with Gasteiger partial charge in [0, 0.05) is 11.4 Å². The van der Waals surface area contributed by atoms with E-state index in [1.54, 1.807) is 53.1 Å². The first-order chi connectivity index (χ1) is 15.9. The quantitative estimate of drug-likeness (QED) is 0.408. The number of aromatic nitrogens is 1. The minimum absolute atomic E-state index is 0.152. The van der Waals surface area contributed by atoms with Crippen molar-refractivity contribution in [3.63, 3.8) is 0 Å². The van der Waals surface area contributed by atoms with Crippen molar-refractivity contribution in [2.45, 2.75) is 64.5 Å². The number of anilines is 1. The van der Waals surface area contributed by atoms with Gasteiger partial charge in [-0.05, 0) is 86.9 Å². The Bertz CT molecular complexity index is 1230. The summed E-state index contributed by atoms with van der Waals surface area (Å²) < 4.78 is 44.9. The van der Waals surface area contributed by atoms with E-state index in [0.29, 0.717) is 23.4 Å². The van der Waals surface area contributed by atoms with Crippen molar-refractivity contribution in [1.82, 2.24) is 4.98 Å². The van der Waals surface area contributed by atoms with Gasteiger partial charge in [-0.2, -0.15) is 0 Å². The van der Waals surface area contributed by atoms with E-state index in [9.17, 15) is 12.8 Å². The third kappa shape index (κ3) is 5.32. The minimum atomic E-state index is -3.67. The molecule has 0 bridgehead atoms. The maximum absolute atomic E-state index is 14.8. The third-order valence-electron chi connectivity index (χ3n) is 6.50.